The van der Waals surface area contributed by atoms with Crippen LogP contribution in [0, 0.1) is 12.8 Å². The second kappa shape index (κ2) is 9.44. The minimum Gasteiger partial charge on any atom is -0.488 e. The van der Waals surface area contributed by atoms with Crippen molar-refractivity contribution in [3.8, 4) is 5.75 Å². The number of carbonyl (C=O) groups is 1. The molecule has 6 heteroatoms. The first-order valence-electron chi connectivity index (χ1n) is 9.03. The summed E-state index contributed by atoms with van der Waals surface area (Å²) >= 11 is 0. The number of alkyl halides is 2. The third-order valence-corrected chi connectivity index (χ3v) is 4.16. The van der Waals surface area contributed by atoms with Crippen LogP contribution >= 0.6 is 0 Å². The number of carbonyl (C=O) groups excluding carboxylic acids is 1. The number of nitrogens with zero attached hydrogens (tertiary/aromatic N) is 1. The Morgan fingerprint density at radius 1 is 1.19 bits per heavy atom. The normalized spacial score (nSPS) is 12.3. The zero-order chi connectivity index (χ0) is 20.0. The molecule has 1 N–H and O–H groups in total. The molecule has 0 aliphatic heterocycles. The molecule has 0 spiro atoms. The molecule has 0 aliphatic carbocycles. The van der Waals surface area contributed by atoms with Crippen molar-refractivity contribution in [2.24, 2.45) is 5.92 Å². The van der Waals surface area contributed by atoms with Crippen LogP contribution in [0.4, 0.5) is 14.6 Å². The van der Waals surface area contributed by atoms with Crippen LogP contribution in [0.2, 0.25) is 0 Å². The molecule has 4 nitrogen and oxygen atoms in total. The van der Waals surface area contributed by atoms with E-state index in [-0.39, 0.29) is 17.7 Å². The second-order valence-electron chi connectivity index (χ2n) is 7.08. The highest BCUT2D eigenvalue weighted by molar-refractivity contribution is 5.91. The second-order valence-corrected chi connectivity index (χ2v) is 7.08. The number of nitrogens with one attached hydrogen (secondary N) is 1. The maximum Gasteiger partial charge on any atom is 0.272 e. The molecule has 27 heavy (non-hydrogen) atoms. The molecule has 0 radical (unpaired) electrons. The SMILES string of the molecule is Cc1cc(OCC(F)F)cc(C(C)Cc2ccnc(NC(=O)C(C)C)c2)c1. The Morgan fingerprint density at radius 3 is 2.59 bits per heavy atom. The van der Waals surface area contributed by atoms with Crippen LogP contribution in [0.5, 0.6) is 5.75 Å². The van der Waals surface area contributed by atoms with Gasteiger partial charge in [0.25, 0.3) is 6.43 Å². The van der Waals surface area contributed by atoms with Gasteiger partial charge in [-0.1, -0.05) is 26.8 Å². The number of rotatable bonds is 8. The number of hydrogen-bond acceptors (Lipinski definition) is 3. The highest BCUT2D eigenvalue weighted by atomic mass is 19.3. The molecule has 146 valence electrons. The lowest BCUT2D eigenvalue weighted by Gasteiger charge is -2.16. The van der Waals surface area contributed by atoms with E-state index in [4.69, 9.17) is 4.74 Å². The summed E-state index contributed by atoms with van der Waals surface area (Å²) in [6, 6.07) is 9.36. The minimum absolute atomic E-state index is 0.0767. The summed E-state index contributed by atoms with van der Waals surface area (Å²) in [6.45, 7) is 7.02. The molecule has 1 amide bonds. The third kappa shape index (κ3) is 6.62. The van der Waals surface area contributed by atoms with Crippen LogP contribution in [0.3, 0.4) is 0 Å². The lowest BCUT2D eigenvalue weighted by Crippen LogP contribution is -2.18. The predicted octanol–water partition coefficient (Wildman–Crippen LogP) is 4.97. The Labute approximate surface area is 159 Å². The number of hydrogen-bond donors (Lipinski definition) is 1. The van der Waals surface area contributed by atoms with Crippen molar-refractivity contribution in [2.45, 2.75) is 46.5 Å². The largest absolute Gasteiger partial charge is 0.488 e. The Bertz CT molecular complexity index is 779. The van der Waals surface area contributed by atoms with Gasteiger partial charge in [0.1, 0.15) is 18.2 Å². The van der Waals surface area contributed by atoms with Gasteiger partial charge in [0, 0.05) is 12.1 Å². The lowest BCUT2D eigenvalue weighted by atomic mass is 9.93. The van der Waals surface area contributed by atoms with E-state index in [2.05, 4.69) is 17.2 Å². The highest BCUT2D eigenvalue weighted by Crippen LogP contribution is 2.26. The van der Waals surface area contributed by atoms with Gasteiger partial charge in [0.2, 0.25) is 5.91 Å². The van der Waals surface area contributed by atoms with E-state index in [1.807, 2.05) is 45.0 Å². The van der Waals surface area contributed by atoms with Gasteiger partial charge in [-0.05, 0) is 60.2 Å². The van der Waals surface area contributed by atoms with Crippen molar-refractivity contribution in [3.63, 3.8) is 0 Å². The molecule has 2 rings (SSSR count). The first-order chi connectivity index (χ1) is 12.7. The van der Waals surface area contributed by atoms with Crippen molar-refractivity contribution >= 4 is 11.7 Å². The van der Waals surface area contributed by atoms with E-state index >= 15 is 0 Å². The van der Waals surface area contributed by atoms with Crippen LogP contribution in [0.25, 0.3) is 0 Å². The number of aryl methyl sites for hydroxylation is 1. The molecule has 1 aromatic carbocycles. The summed E-state index contributed by atoms with van der Waals surface area (Å²) in [4.78, 5) is 16.0. The average Bonchev–Trinajstić information content (AvgIpc) is 2.59. The summed E-state index contributed by atoms with van der Waals surface area (Å²) < 4.78 is 29.9. The molecule has 0 fully saturated rings. The molecule has 0 bridgehead atoms. The van der Waals surface area contributed by atoms with E-state index in [0.717, 1.165) is 23.1 Å². The third-order valence-electron chi connectivity index (χ3n) is 4.16. The van der Waals surface area contributed by atoms with Gasteiger partial charge < -0.3 is 10.1 Å². The predicted molar refractivity (Wildman–Crippen MR) is 103 cm³/mol. The van der Waals surface area contributed by atoms with Crippen LogP contribution in [0.1, 0.15) is 43.4 Å². The van der Waals surface area contributed by atoms with Gasteiger partial charge in [0.05, 0.1) is 0 Å². The van der Waals surface area contributed by atoms with Gasteiger partial charge in [-0.25, -0.2) is 13.8 Å². The first-order valence-corrected chi connectivity index (χ1v) is 9.03. The molecule has 1 unspecified atom stereocenters. The summed E-state index contributed by atoms with van der Waals surface area (Å²) in [6.07, 6.45) is -0.0985. The van der Waals surface area contributed by atoms with E-state index in [9.17, 15) is 13.6 Å². The number of benzene rings is 1. The maximum atomic E-state index is 12.4. The standard InChI is InChI=1S/C21H26F2N2O2/c1-13(2)21(26)25-20-10-16(5-6-24-20)9-15(4)17-7-14(3)8-18(11-17)27-12-19(22)23/h5-8,10-11,13,15,19H,9,12H2,1-4H3,(H,24,25,26). The van der Waals surface area contributed by atoms with Crippen LogP contribution in [0.15, 0.2) is 36.5 Å². The summed E-state index contributed by atoms with van der Waals surface area (Å²) in [5.41, 5.74) is 3.01. The van der Waals surface area contributed by atoms with Crippen molar-refractivity contribution in [1.29, 1.82) is 0 Å². The zero-order valence-electron chi connectivity index (χ0n) is 16.1. The number of aromatic nitrogens is 1. The molecule has 0 saturated heterocycles. The van der Waals surface area contributed by atoms with E-state index in [1.54, 1.807) is 12.3 Å². The number of halogens is 2. The first kappa shape index (κ1) is 20.8. The lowest BCUT2D eigenvalue weighted by molar-refractivity contribution is -0.118. The monoisotopic (exact) mass is 376 g/mol. The quantitative estimate of drug-likeness (QED) is 0.707. The van der Waals surface area contributed by atoms with Crippen molar-refractivity contribution in [3.05, 3.63) is 53.2 Å². The van der Waals surface area contributed by atoms with Crippen molar-refractivity contribution < 1.29 is 18.3 Å². The fraction of sp³-hybridized carbons (Fsp3) is 0.429. The van der Waals surface area contributed by atoms with Crippen LogP contribution in [-0.2, 0) is 11.2 Å². The van der Waals surface area contributed by atoms with E-state index in [1.165, 1.54) is 0 Å². The summed E-state index contributed by atoms with van der Waals surface area (Å²) in [7, 11) is 0. The van der Waals surface area contributed by atoms with Gasteiger partial charge in [-0.15, -0.1) is 0 Å². The van der Waals surface area contributed by atoms with E-state index in [0.29, 0.717) is 11.6 Å². The molecule has 2 aromatic rings. The fourth-order valence-electron chi connectivity index (χ4n) is 2.72. The fourth-order valence-corrected chi connectivity index (χ4v) is 2.72. The summed E-state index contributed by atoms with van der Waals surface area (Å²) in [5.74, 6) is 0.941. The Morgan fingerprint density at radius 2 is 1.93 bits per heavy atom. The van der Waals surface area contributed by atoms with Gasteiger partial charge in [-0.2, -0.15) is 0 Å². The van der Waals surface area contributed by atoms with Crippen molar-refractivity contribution in [1.82, 2.24) is 4.98 Å². The van der Waals surface area contributed by atoms with Crippen molar-refractivity contribution in [2.75, 3.05) is 11.9 Å². The molecule has 1 aromatic heterocycles. The van der Waals surface area contributed by atoms with Gasteiger partial charge >= 0.3 is 0 Å². The number of ether oxygens (including phenoxy) is 1. The Balaban J connectivity index is 2.10. The zero-order valence-corrected chi connectivity index (χ0v) is 16.1. The number of pyridine rings is 1. The highest BCUT2D eigenvalue weighted by Gasteiger charge is 2.12. The minimum atomic E-state index is -2.50. The smallest absolute Gasteiger partial charge is 0.272 e. The molecule has 0 saturated carbocycles. The summed E-state index contributed by atoms with van der Waals surface area (Å²) in [5, 5.41) is 2.80. The molecular formula is C21H26F2N2O2. The van der Waals surface area contributed by atoms with Gasteiger partial charge in [-0.3, -0.25) is 4.79 Å². The topological polar surface area (TPSA) is 51.2 Å². The number of amides is 1. The molecule has 1 heterocycles. The van der Waals surface area contributed by atoms with E-state index < -0.39 is 13.0 Å². The Kier molecular flexibility index (Phi) is 7.28. The maximum absolute atomic E-state index is 12.4. The number of anilines is 1. The molecule has 1 atom stereocenters. The molecule has 0 aliphatic rings. The molecular weight excluding hydrogens is 350 g/mol. The van der Waals surface area contributed by atoms with Gasteiger partial charge in [0.15, 0.2) is 0 Å². The average molecular weight is 376 g/mol. The van der Waals surface area contributed by atoms with Crippen LogP contribution < -0.4 is 10.1 Å². The Hall–Kier alpha value is -2.50. The van der Waals surface area contributed by atoms with Crippen LogP contribution in [-0.4, -0.2) is 23.9 Å².